The Hall–Kier alpha value is -0.820. The Bertz CT molecular complexity index is 456. The normalized spacial score (nSPS) is 40.1. The van der Waals surface area contributed by atoms with E-state index in [4.69, 9.17) is 0 Å². The van der Waals surface area contributed by atoms with E-state index in [0.29, 0.717) is 11.3 Å². The Morgan fingerprint density at radius 2 is 1.78 bits per heavy atom. The van der Waals surface area contributed by atoms with E-state index in [0.717, 1.165) is 5.56 Å². The van der Waals surface area contributed by atoms with Crippen LogP contribution in [0.1, 0.15) is 56.8 Å². The molecule has 98 valence electrons. The quantitative estimate of drug-likeness (QED) is 0.824. The standard InChI is InChI=1S/C17H24O/c1-12-6-4-5-7-14(12)15(18)17(3)13-8-10-16(17,2)11-9-13/h4-7,13,15,18H,8-11H2,1-3H3. The van der Waals surface area contributed by atoms with Crippen LogP contribution in [-0.4, -0.2) is 5.11 Å². The van der Waals surface area contributed by atoms with Crippen LogP contribution in [0.2, 0.25) is 0 Å². The van der Waals surface area contributed by atoms with Crippen LogP contribution >= 0.6 is 0 Å². The molecule has 2 fully saturated rings. The Kier molecular flexibility index (Phi) is 2.60. The number of fused-ring (bicyclic) bond motifs is 2. The molecule has 1 aromatic carbocycles. The van der Waals surface area contributed by atoms with Crippen molar-refractivity contribution in [3.05, 3.63) is 35.4 Å². The highest BCUT2D eigenvalue weighted by molar-refractivity contribution is 5.31. The van der Waals surface area contributed by atoms with Gasteiger partial charge in [0.2, 0.25) is 0 Å². The predicted octanol–water partition coefficient (Wildman–Crippen LogP) is 4.24. The minimum absolute atomic E-state index is 0.0686. The molecule has 2 aliphatic carbocycles. The summed E-state index contributed by atoms with van der Waals surface area (Å²) in [5.74, 6) is 0.706. The van der Waals surface area contributed by atoms with Gasteiger partial charge in [0, 0.05) is 5.41 Å². The maximum absolute atomic E-state index is 11.0. The summed E-state index contributed by atoms with van der Waals surface area (Å²) in [6.07, 6.45) is 4.87. The van der Waals surface area contributed by atoms with Gasteiger partial charge in [0.05, 0.1) is 6.10 Å². The van der Waals surface area contributed by atoms with Crippen molar-refractivity contribution in [3.8, 4) is 0 Å². The van der Waals surface area contributed by atoms with Gasteiger partial charge in [-0.05, 0) is 55.1 Å². The monoisotopic (exact) mass is 244 g/mol. The first-order valence-electron chi connectivity index (χ1n) is 7.23. The van der Waals surface area contributed by atoms with E-state index in [2.05, 4.69) is 39.0 Å². The first-order valence-corrected chi connectivity index (χ1v) is 7.23. The number of benzene rings is 1. The highest BCUT2D eigenvalue weighted by Gasteiger charge is 2.62. The van der Waals surface area contributed by atoms with E-state index in [9.17, 15) is 5.11 Å². The zero-order valence-electron chi connectivity index (χ0n) is 11.7. The smallest absolute Gasteiger partial charge is 0.0853 e. The number of aliphatic hydroxyl groups excluding tert-OH is 1. The lowest BCUT2D eigenvalue weighted by atomic mass is 9.64. The lowest BCUT2D eigenvalue weighted by Crippen LogP contribution is -2.37. The van der Waals surface area contributed by atoms with Crippen LogP contribution in [0.25, 0.3) is 0 Å². The molecule has 2 bridgehead atoms. The van der Waals surface area contributed by atoms with Crippen molar-refractivity contribution in [3.63, 3.8) is 0 Å². The van der Waals surface area contributed by atoms with Gasteiger partial charge in [-0.2, -0.15) is 0 Å². The average Bonchev–Trinajstić information content (AvgIpc) is 2.76. The second kappa shape index (κ2) is 3.84. The van der Waals surface area contributed by atoms with E-state index in [1.54, 1.807) is 0 Å². The van der Waals surface area contributed by atoms with Crippen LogP contribution in [-0.2, 0) is 0 Å². The third-order valence-electron chi connectivity index (χ3n) is 6.29. The molecule has 1 aromatic rings. The van der Waals surface area contributed by atoms with Gasteiger partial charge < -0.3 is 5.11 Å². The molecular weight excluding hydrogens is 220 g/mol. The Labute approximate surface area is 110 Å². The van der Waals surface area contributed by atoms with Crippen molar-refractivity contribution < 1.29 is 5.11 Å². The Balaban J connectivity index is 2.03. The molecule has 18 heavy (non-hydrogen) atoms. The third kappa shape index (κ3) is 1.37. The number of aryl methyl sites for hydroxylation is 1. The van der Waals surface area contributed by atoms with Crippen LogP contribution in [0.4, 0.5) is 0 Å². The molecule has 2 atom stereocenters. The van der Waals surface area contributed by atoms with E-state index >= 15 is 0 Å². The number of hydrogen-bond acceptors (Lipinski definition) is 1. The Morgan fingerprint density at radius 1 is 1.17 bits per heavy atom. The summed E-state index contributed by atoms with van der Waals surface area (Å²) < 4.78 is 0. The number of hydrogen-bond donors (Lipinski definition) is 1. The summed E-state index contributed by atoms with van der Waals surface area (Å²) in [6.45, 7) is 6.83. The molecule has 3 rings (SSSR count). The SMILES string of the molecule is Cc1ccccc1C(O)C1(C)C2CCC1(C)CC2. The van der Waals surface area contributed by atoms with Gasteiger partial charge in [0.15, 0.2) is 0 Å². The summed E-state index contributed by atoms with van der Waals surface area (Å²) in [5.41, 5.74) is 2.76. The summed E-state index contributed by atoms with van der Waals surface area (Å²) in [5, 5.41) is 11.0. The minimum Gasteiger partial charge on any atom is -0.388 e. The highest BCUT2D eigenvalue weighted by atomic mass is 16.3. The predicted molar refractivity (Wildman–Crippen MR) is 74.3 cm³/mol. The lowest BCUT2D eigenvalue weighted by Gasteiger charge is -2.42. The van der Waals surface area contributed by atoms with Gasteiger partial charge in [-0.15, -0.1) is 0 Å². The molecule has 1 N–H and O–H groups in total. The summed E-state index contributed by atoms with van der Waals surface area (Å²) in [6, 6.07) is 8.32. The molecule has 1 heteroatoms. The van der Waals surface area contributed by atoms with Crippen LogP contribution in [0.5, 0.6) is 0 Å². The second-order valence-electron chi connectivity index (χ2n) is 6.88. The van der Waals surface area contributed by atoms with Crippen molar-refractivity contribution >= 4 is 0 Å². The fourth-order valence-electron chi connectivity index (χ4n) is 4.66. The molecule has 0 aliphatic heterocycles. The van der Waals surface area contributed by atoms with Crippen LogP contribution in [0, 0.1) is 23.7 Å². The number of aliphatic hydroxyl groups is 1. The topological polar surface area (TPSA) is 20.2 Å². The van der Waals surface area contributed by atoms with Gasteiger partial charge in [0.1, 0.15) is 0 Å². The van der Waals surface area contributed by atoms with Crippen molar-refractivity contribution in [2.45, 2.75) is 52.6 Å². The molecule has 1 nitrogen and oxygen atoms in total. The molecule has 0 aromatic heterocycles. The van der Waals surface area contributed by atoms with Gasteiger partial charge in [-0.3, -0.25) is 0 Å². The van der Waals surface area contributed by atoms with Gasteiger partial charge >= 0.3 is 0 Å². The second-order valence-corrected chi connectivity index (χ2v) is 6.88. The molecular formula is C17H24O. The third-order valence-corrected chi connectivity index (χ3v) is 6.29. The van der Waals surface area contributed by atoms with Gasteiger partial charge in [-0.1, -0.05) is 38.1 Å². The molecule has 2 unspecified atom stereocenters. The van der Waals surface area contributed by atoms with E-state index in [1.807, 2.05) is 6.07 Å². The summed E-state index contributed by atoms with van der Waals surface area (Å²) in [7, 11) is 0. The molecule has 2 aliphatic rings. The van der Waals surface area contributed by atoms with Crippen molar-refractivity contribution in [2.75, 3.05) is 0 Å². The average molecular weight is 244 g/mol. The maximum Gasteiger partial charge on any atom is 0.0853 e. The fraction of sp³-hybridized carbons (Fsp3) is 0.647. The first-order chi connectivity index (χ1) is 8.49. The Morgan fingerprint density at radius 3 is 2.28 bits per heavy atom. The van der Waals surface area contributed by atoms with Crippen LogP contribution < -0.4 is 0 Å². The zero-order valence-corrected chi connectivity index (χ0v) is 11.7. The molecule has 0 amide bonds. The number of rotatable bonds is 2. The minimum atomic E-state index is -0.307. The molecule has 0 radical (unpaired) electrons. The largest absolute Gasteiger partial charge is 0.388 e. The van der Waals surface area contributed by atoms with Gasteiger partial charge in [0.25, 0.3) is 0 Å². The van der Waals surface area contributed by atoms with Crippen LogP contribution in [0.3, 0.4) is 0 Å². The van der Waals surface area contributed by atoms with E-state index in [1.165, 1.54) is 31.2 Å². The molecule has 2 saturated carbocycles. The molecule has 0 spiro atoms. The van der Waals surface area contributed by atoms with Crippen molar-refractivity contribution in [1.29, 1.82) is 0 Å². The molecule has 0 heterocycles. The first kappa shape index (κ1) is 12.2. The summed E-state index contributed by atoms with van der Waals surface area (Å²) in [4.78, 5) is 0. The maximum atomic E-state index is 11.0. The van der Waals surface area contributed by atoms with Gasteiger partial charge in [-0.25, -0.2) is 0 Å². The van der Waals surface area contributed by atoms with Crippen molar-refractivity contribution in [2.24, 2.45) is 16.7 Å². The highest BCUT2D eigenvalue weighted by Crippen LogP contribution is 2.69. The fourth-order valence-corrected chi connectivity index (χ4v) is 4.66. The van der Waals surface area contributed by atoms with Crippen molar-refractivity contribution in [1.82, 2.24) is 0 Å². The zero-order chi connectivity index (χ0) is 13.0. The van der Waals surface area contributed by atoms with Crippen LogP contribution in [0.15, 0.2) is 24.3 Å². The lowest BCUT2D eigenvalue weighted by molar-refractivity contribution is -0.0365. The summed E-state index contributed by atoms with van der Waals surface area (Å²) >= 11 is 0. The van der Waals surface area contributed by atoms with E-state index < -0.39 is 0 Å². The molecule has 0 saturated heterocycles. The van der Waals surface area contributed by atoms with E-state index in [-0.39, 0.29) is 11.5 Å².